The molecule has 1 rings (SSSR count). The van der Waals surface area contributed by atoms with E-state index in [2.05, 4.69) is 10.4 Å². The summed E-state index contributed by atoms with van der Waals surface area (Å²) in [5.41, 5.74) is 11.7. The predicted molar refractivity (Wildman–Crippen MR) is 41.6 cm³/mol. The van der Waals surface area contributed by atoms with Gasteiger partial charge in [0, 0.05) is 14.1 Å². The number of nitrogen functional groups attached to an aromatic ring is 2. The summed E-state index contributed by atoms with van der Waals surface area (Å²) in [7, 11) is 3.50. The van der Waals surface area contributed by atoms with Gasteiger partial charge in [0.1, 0.15) is 11.5 Å². The van der Waals surface area contributed by atoms with Crippen molar-refractivity contribution in [2.24, 2.45) is 7.05 Å². The quantitative estimate of drug-likeness (QED) is 0.498. The Labute approximate surface area is 59.0 Å². The monoisotopic (exact) mass is 141 g/mol. The Balaban J connectivity index is 3.20. The number of nitrogens with two attached hydrogens (primary N) is 2. The smallest absolute Gasteiger partial charge is 0.171 e. The van der Waals surface area contributed by atoms with E-state index in [1.807, 2.05) is 0 Å². The van der Waals surface area contributed by atoms with Crippen LogP contribution in [0.15, 0.2) is 0 Å². The number of aromatic nitrogens is 2. The van der Waals surface area contributed by atoms with Crippen LogP contribution in [-0.2, 0) is 7.05 Å². The highest BCUT2D eigenvalue weighted by Gasteiger charge is 2.07. The topological polar surface area (TPSA) is 81.9 Å². The first-order valence-electron chi connectivity index (χ1n) is 2.92. The van der Waals surface area contributed by atoms with Gasteiger partial charge in [-0.15, -0.1) is 0 Å². The van der Waals surface area contributed by atoms with Gasteiger partial charge in [-0.2, -0.15) is 5.10 Å². The third kappa shape index (κ3) is 0.754. The normalized spacial score (nSPS) is 9.80. The van der Waals surface area contributed by atoms with Crippen LogP contribution in [0.5, 0.6) is 0 Å². The molecule has 1 aromatic heterocycles. The highest BCUT2D eigenvalue weighted by Crippen LogP contribution is 2.22. The Bertz CT molecular complexity index is 238. The zero-order chi connectivity index (χ0) is 7.72. The lowest BCUT2D eigenvalue weighted by Gasteiger charge is -1.97. The predicted octanol–water partition coefficient (Wildman–Crippen LogP) is -0.374. The fraction of sp³-hybridized carbons (Fsp3) is 0.400. The second kappa shape index (κ2) is 2.09. The molecule has 0 spiro atoms. The highest BCUT2D eigenvalue weighted by molar-refractivity contribution is 5.74. The number of nitrogens with zero attached hydrogens (tertiary/aromatic N) is 2. The van der Waals surface area contributed by atoms with Gasteiger partial charge in [0.25, 0.3) is 0 Å². The van der Waals surface area contributed by atoms with E-state index in [0.29, 0.717) is 17.3 Å². The second-order valence-electron chi connectivity index (χ2n) is 2.02. The van der Waals surface area contributed by atoms with Crippen molar-refractivity contribution in [3.63, 3.8) is 0 Å². The lowest BCUT2D eigenvalue weighted by atomic mass is 10.5. The average molecular weight is 141 g/mol. The third-order valence-corrected chi connectivity index (χ3v) is 1.37. The van der Waals surface area contributed by atoms with Crippen LogP contribution in [0, 0.1) is 0 Å². The molecule has 0 aliphatic heterocycles. The van der Waals surface area contributed by atoms with Gasteiger partial charge in [-0.3, -0.25) is 0 Å². The number of rotatable bonds is 1. The molecule has 0 aliphatic carbocycles. The van der Waals surface area contributed by atoms with Gasteiger partial charge in [0.05, 0.1) is 0 Å². The minimum atomic E-state index is 0.433. The summed E-state index contributed by atoms with van der Waals surface area (Å²) in [5, 5.41) is 6.74. The maximum atomic E-state index is 5.57. The lowest BCUT2D eigenvalue weighted by Crippen LogP contribution is -1.99. The first-order valence-corrected chi connectivity index (χ1v) is 2.92. The molecule has 0 radical (unpaired) electrons. The van der Waals surface area contributed by atoms with Crippen LogP contribution in [-0.4, -0.2) is 16.8 Å². The van der Waals surface area contributed by atoms with E-state index in [1.165, 1.54) is 4.68 Å². The molecule has 0 saturated heterocycles. The van der Waals surface area contributed by atoms with Gasteiger partial charge in [-0.05, 0) is 0 Å². The fourth-order valence-corrected chi connectivity index (χ4v) is 0.815. The third-order valence-electron chi connectivity index (χ3n) is 1.37. The maximum Gasteiger partial charge on any atom is 0.171 e. The highest BCUT2D eigenvalue weighted by atomic mass is 15.3. The van der Waals surface area contributed by atoms with Crippen molar-refractivity contribution in [1.29, 1.82) is 0 Å². The maximum absolute atomic E-state index is 5.57. The van der Waals surface area contributed by atoms with Crippen molar-refractivity contribution >= 4 is 17.3 Å². The molecule has 0 unspecified atom stereocenters. The number of aryl methyl sites for hydroxylation is 1. The van der Waals surface area contributed by atoms with Crippen molar-refractivity contribution in [2.75, 3.05) is 23.8 Å². The standard InChI is InChI=1S/C5H11N5/c1-8-3-4(6)9-10(2)5(3)7/h8H,7H2,1-2H3,(H2,6,9). The molecule has 5 nitrogen and oxygen atoms in total. The number of nitrogens with one attached hydrogen (secondary N) is 1. The summed E-state index contributed by atoms with van der Waals surface area (Å²) in [6.07, 6.45) is 0. The molecule has 56 valence electrons. The van der Waals surface area contributed by atoms with E-state index in [1.54, 1.807) is 14.1 Å². The largest absolute Gasteiger partial charge is 0.382 e. The molecule has 0 fully saturated rings. The SMILES string of the molecule is CNc1c(N)nn(C)c1N. The van der Waals surface area contributed by atoms with Crippen LogP contribution in [0.25, 0.3) is 0 Å². The van der Waals surface area contributed by atoms with Crippen molar-refractivity contribution in [3.05, 3.63) is 0 Å². The van der Waals surface area contributed by atoms with Crippen LogP contribution in [0.4, 0.5) is 17.3 Å². The van der Waals surface area contributed by atoms with Crippen LogP contribution < -0.4 is 16.8 Å². The molecule has 0 atom stereocenters. The van der Waals surface area contributed by atoms with Crippen LogP contribution in [0.3, 0.4) is 0 Å². The van der Waals surface area contributed by atoms with Gasteiger partial charge >= 0.3 is 0 Å². The van der Waals surface area contributed by atoms with E-state index in [4.69, 9.17) is 11.5 Å². The second-order valence-corrected chi connectivity index (χ2v) is 2.02. The van der Waals surface area contributed by atoms with E-state index in [0.717, 1.165) is 0 Å². The van der Waals surface area contributed by atoms with E-state index < -0.39 is 0 Å². The van der Waals surface area contributed by atoms with Gasteiger partial charge in [0.2, 0.25) is 0 Å². The molecular weight excluding hydrogens is 130 g/mol. The summed E-state index contributed by atoms with van der Waals surface area (Å²) in [6, 6.07) is 0. The van der Waals surface area contributed by atoms with Crippen molar-refractivity contribution in [2.45, 2.75) is 0 Å². The molecule has 1 heterocycles. The average Bonchev–Trinajstić information content (AvgIpc) is 2.09. The Morgan fingerprint density at radius 2 is 2.10 bits per heavy atom. The minimum absolute atomic E-state index is 0.433. The Morgan fingerprint density at radius 3 is 2.30 bits per heavy atom. The minimum Gasteiger partial charge on any atom is -0.382 e. The summed E-state index contributed by atoms with van der Waals surface area (Å²) in [4.78, 5) is 0. The van der Waals surface area contributed by atoms with Gasteiger partial charge in [-0.25, -0.2) is 4.68 Å². The van der Waals surface area contributed by atoms with Crippen LogP contribution >= 0.6 is 0 Å². The molecule has 1 aromatic rings. The summed E-state index contributed by atoms with van der Waals surface area (Å²) in [5.74, 6) is 0.988. The van der Waals surface area contributed by atoms with Gasteiger partial charge < -0.3 is 16.8 Å². The Morgan fingerprint density at radius 1 is 1.50 bits per heavy atom. The molecule has 5 N–H and O–H groups in total. The van der Waals surface area contributed by atoms with Gasteiger partial charge in [-0.1, -0.05) is 0 Å². The summed E-state index contributed by atoms with van der Waals surface area (Å²) < 4.78 is 1.53. The molecule has 0 amide bonds. The molecule has 10 heavy (non-hydrogen) atoms. The molecule has 0 bridgehead atoms. The number of hydrogen-bond acceptors (Lipinski definition) is 4. The fourth-order valence-electron chi connectivity index (χ4n) is 0.815. The Hall–Kier alpha value is -1.39. The van der Waals surface area contributed by atoms with Crippen molar-refractivity contribution in [1.82, 2.24) is 9.78 Å². The van der Waals surface area contributed by atoms with Crippen molar-refractivity contribution < 1.29 is 0 Å². The Kier molecular flexibility index (Phi) is 1.41. The van der Waals surface area contributed by atoms with Crippen LogP contribution in [0.1, 0.15) is 0 Å². The van der Waals surface area contributed by atoms with Crippen molar-refractivity contribution in [3.8, 4) is 0 Å². The lowest BCUT2D eigenvalue weighted by molar-refractivity contribution is 0.784. The summed E-state index contributed by atoms with van der Waals surface area (Å²) in [6.45, 7) is 0. The molecule has 0 aliphatic rings. The molecule has 5 heteroatoms. The number of anilines is 3. The first-order chi connectivity index (χ1) is 4.66. The first kappa shape index (κ1) is 6.73. The zero-order valence-corrected chi connectivity index (χ0v) is 6.05. The van der Waals surface area contributed by atoms with Crippen LogP contribution in [0.2, 0.25) is 0 Å². The molecular formula is C5H11N5. The molecule has 0 saturated carbocycles. The van der Waals surface area contributed by atoms with E-state index in [9.17, 15) is 0 Å². The van der Waals surface area contributed by atoms with Gasteiger partial charge in [0.15, 0.2) is 5.82 Å². The number of hydrogen-bond donors (Lipinski definition) is 3. The van der Waals surface area contributed by atoms with E-state index in [-0.39, 0.29) is 0 Å². The summed E-state index contributed by atoms with van der Waals surface area (Å²) >= 11 is 0. The van der Waals surface area contributed by atoms with E-state index >= 15 is 0 Å². The zero-order valence-electron chi connectivity index (χ0n) is 6.05. The molecule has 0 aromatic carbocycles.